The number of carbonyl (C=O) groups is 1. The minimum absolute atomic E-state index is 0. The number of sulfone groups is 1. The highest BCUT2D eigenvalue weighted by Crippen LogP contribution is 2.12. The molecule has 0 bridgehead atoms. The summed E-state index contributed by atoms with van der Waals surface area (Å²) in [6.07, 6.45) is 2.45. The molecule has 1 amide bonds. The smallest absolute Gasteiger partial charge is 0.409 e. The molecule has 8 nitrogen and oxygen atoms in total. The average molecular weight is 510 g/mol. The van der Waals surface area contributed by atoms with E-state index in [9.17, 15) is 13.2 Å². The Morgan fingerprint density at radius 1 is 1.30 bits per heavy atom. The molecule has 1 heterocycles. The number of nitrogens with one attached hydrogen (secondary N) is 1. The number of halogens is 1. The lowest BCUT2D eigenvalue weighted by atomic mass is 10.1. The summed E-state index contributed by atoms with van der Waals surface area (Å²) in [6, 6.07) is 6.75. The van der Waals surface area contributed by atoms with Gasteiger partial charge in [-0.3, -0.25) is 0 Å². The molecule has 27 heavy (non-hydrogen) atoms. The number of rotatable bonds is 5. The fourth-order valence-electron chi connectivity index (χ4n) is 2.69. The maximum atomic E-state index is 11.7. The Balaban J connectivity index is 0.00000364. The first-order valence-corrected chi connectivity index (χ1v) is 10.5. The average Bonchev–Trinajstić information content (AvgIpc) is 2.60. The van der Waals surface area contributed by atoms with Gasteiger partial charge in [-0.2, -0.15) is 0 Å². The second-order valence-corrected chi connectivity index (χ2v) is 8.24. The van der Waals surface area contributed by atoms with Gasteiger partial charge in [-0.15, -0.1) is 24.0 Å². The molecule has 1 aliphatic heterocycles. The van der Waals surface area contributed by atoms with Crippen LogP contribution in [0.1, 0.15) is 25.3 Å². The van der Waals surface area contributed by atoms with E-state index in [-0.39, 0.29) is 41.0 Å². The van der Waals surface area contributed by atoms with E-state index in [1.54, 1.807) is 36.1 Å². The summed E-state index contributed by atoms with van der Waals surface area (Å²) >= 11 is 0. The standard InChI is InChI=1S/C17H26N4O4S.HI/c1-3-25-17(22)21-10-8-14(9-11-21)20-16(18)19-12-13-4-6-15(7-5-13)26(2,23)24;/h4-7,14H,3,8-12H2,1-2H3,(H3,18,19,20);1H. The van der Waals surface area contributed by atoms with E-state index in [1.165, 1.54) is 6.26 Å². The zero-order valence-electron chi connectivity index (χ0n) is 15.6. The SMILES string of the molecule is CCOC(=O)N1CCC(NC(N)=NCc2ccc(S(C)(=O)=O)cc2)CC1.I. The lowest BCUT2D eigenvalue weighted by Crippen LogP contribution is -2.48. The van der Waals surface area contributed by atoms with Crippen LogP contribution < -0.4 is 11.1 Å². The highest BCUT2D eigenvalue weighted by Gasteiger charge is 2.23. The van der Waals surface area contributed by atoms with Gasteiger partial charge in [-0.25, -0.2) is 18.2 Å². The molecular formula is C17H27IN4O4S. The van der Waals surface area contributed by atoms with Crippen molar-refractivity contribution in [2.45, 2.75) is 37.2 Å². The molecule has 1 fully saturated rings. The lowest BCUT2D eigenvalue weighted by Gasteiger charge is -2.31. The van der Waals surface area contributed by atoms with Gasteiger partial charge < -0.3 is 20.7 Å². The Hall–Kier alpha value is -1.56. The molecule has 0 atom stereocenters. The Morgan fingerprint density at radius 3 is 2.41 bits per heavy atom. The molecule has 1 aliphatic rings. The zero-order valence-corrected chi connectivity index (χ0v) is 18.7. The van der Waals surface area contributed by atoms with Gasteiger partial charge >= 0.3 is 6.09 Å². The summed E-state index contributed by atoms with van der Waals surface area (Å²) in [6.45, 7) is 3.78. The van der Waals surface area contributed by atoms with E-state index in [4.69, 9.17) is 10.5 Å². The van der Waals surface area contributed by atoms with Crippen LogP contribution in [0.2, 0.25) is 0 Å². The highest BCUT2D eigenvalue weighted by atomic mass is 127. The van der Waals surface area contributed by atoms with E-state index in [0.717, 1.165) is 18.4 Å². The maximum absolute atomic E-state index is 11.7. The number of amides is 1. The minimum atomic E-state index is -3.19. The molecule has 0 saturated carbocycles. The van der Waals surface area contributed by atoms with Gasteiger partial charge in [0.05, 0.1) is 18.0 Å². The number of hydrogen-bond donors (Lipinski definition) is 2. The number of nitrogens with zero attached hydrogens (tertiary/aromatic N) is 2. The molecule has 0 unspecified atom stereocenters. The third kappa shape index (κ3) is 7.53. The fraction of sp³-hybridized carbons (Fsp3) is 0.529. The quantitative estimate of drug-likeness (QED) is 0.355. The number of hydrogen-bond acceptors (Lipinski definition) is 5. The maximum Gasteiger partial charge on any atom is 0.409 e. The molecule has 3 N–H and O–H groups in total. The Kier molecular flexibility index (Phi) is 9.30. The summed E-state index contributed by atoms with van der Waals surface area (Å²) in [5, 5.41) is 3.17. The zero-order chi connectivity index (χ0) is 19.2. The van der Waals surface area contributed by atoms with Crippen molar-refractivity contribution in [3.05, 3.63) is 29.8 Å². The predicted octanol–water partition coefficient (Wildman–Crippen LogP) is 1.73. The van der Waals surface area contributed by atoms with Crippen LogP contribution in [0.5, 0.6) is 0 Å². The first kappa shape index (κ1) is 23.5. The molecule has 152 valence electrons. The van der Waals surface area contributed by atoms with Crippen molar-refractivity contribution in [1.82, 2.24) is 10.2 Å². The van der Waals surface area contributed by atoms with Gasteiger partial charge in [0.2, 0.25) is 0 Å². The summed E-state index contributed by atoms with van der Waals surface area (Å²) in [4.78, 5) is 17.9. The molecule has 0 radical (unpaired) electrons. The van der Waals surface area contributed by atoms with Crippen molar-refractivity contribution in [1.29, 1.82) is 0 Å². The molecule has 10 heteroatoms. The van der Waals surface area contributed by atoms with Gasteiger partial charge in [0.25, 0.3) is 0 Å². The van der Waals surface area contributed by atoms with Gasteiger partial charge in [0, 0.05) is 25.4 Å². The van der Waals surface area contributed by atoms with E-state index in [2.05, 4.69) is 10.3 Å². The van der Waals surface area contributed by atoms with E-state index >= 15 is 0 Å². The van der Waals surface area contributed by atoms with Gasteiger partial charge in [0.15, 0.2) is 15.8 Å². The van der Waals surface area contributed by atoms with Crippen molar-refractivity contribution in [2.24, 2.45) is 10.7 Å². The topological polar surface area (TPSA) is 114 Å². The van der Waals surface area contributed by atoms with Crippen molar-refractivity contribution < 1.29 is 17.9 Å². The molecule has 1 aromatic carbocycles. The lowest BCUT2D eigenvalue weighted by molar-refractivity contribution is 0.0963. The van der Waals surface area contributed by atoms with Crippen LogP contribution in [0.3, 0.4) is 0 Å². The normalized spacial score (nSPS) is 15.8. The number of ether oxygens (including phenoxy) is 1. The molecular weight excluding hydrogens is 483 g/mol. The van der Waals surface area contributed by atoms with Crippen LogP contribution >= 0.6 is 24.0 Å². The van der Waals surface area contributed by atoms with E-state index in [1.807, 2.05) is 0 Å². The van der Waals surface area contributed by atoms with Gasteiger partial charge in [-0.1, -0.05) is 12.1 Å². The minimum Gasteiger partial charge on any atom is -0.450 e. The Bertz CT molecular complexity index is 745. The monoisotopic (exact) mass is 510 g/mol. The van der Waals surface area contributed by atoms with Crippen molar-refractivity contribution >= 4 is 45.9 Å². The second-order valence-electron chi connectivity index (χ2n) is 6.22. The number of piperidine rings is 1. The number of guanidine groups is 1. The third-order valence-electron chi connectivity index (χ3n) is 4.16. The van der Waals surface area contributed by atoms with Crippen molar-refractivity contribution in [2.75, 3.05) is 26.0 Å². The Labute approximate surface area is 177 Å². The molecule has 0 aliphatic carbocycles. The molecule has 2 rings (SSSR count). The predicted molar refractivity (Wildman–Crippen MR) is 115 cm³/mol. The number of aliphatic imine (C=N–C) groups is 1. The number of benzene rings is 1. The molecule has 0 spiro atoms. The molecule has 1 saturated heterocycles. The summed E-state index contributed by atoms with van der Waals surface area (Å²) in [5.74, 6) is 0.340. The second kappa shape index (κ2) is 10.7. The van der Waals surface area contributed by atoms with Crippen LogP contribution in [-0.2, 0) is 21.1 Å². The van der Waals surface area contributed by atoms with Gasteiger partial charge in [-0.05, 0) is 37.5 Å². The molecule has 1 aromatic rings. The van der Waals surface area contributed by atoms with Crippen LogP contribution in [0.4, 0.5) is 4.79 Å². The van der Waals surface area contributed by atoms with Crippen LogP contribution in [0.25, 0.3) is 0 Å². The first-order chi connectivity index (χ1) is 12.3. The van der Waals surface area contributed by atoms with Crippen LogP contribution in [0.15, 0.2) is 34.2 Å². The summed E-state index contributed by atoms with van der Waals surface area (Å²) in [5.41, 5.74) is 6.81. The third-order valence-corrected chi connectivity index (χ3v) is 5.28. The number of likely N-dealkylation sites (tertiary alicyclic amines) is 1. The Morgan fingerprint density at radius 2 is 1.89 bits per heavy atom. The van der Waals surface area contributed by atoms with Crippen LogP contribution in [-0.4, -0.2) is 57.4 Å². The van der Waals surface area contributed by atoms with Crippen LogP contribution in [0, 0.1) is 0 Å². The summed E-state index contributed by atoms with van der Waals surface area (Å²) in [7, 11) is -3.19. The van der Waals surface area contributed by atoms with Gasteiger partial charge in [0.1, 0.15) is 0 Å². The van der Waals surface area contributed by atoms with E-state index in [0.29, 0.717) is 32.2 Å². The highest BCUT2D eigenvalue weighted by molar-refractivity contribution is 14.0. The number of nitrogens with two attached hydrogens (primary N) is 1. The number of carbonyl (C=O) groups excluding carboxylic acids is 1. The van der Waals surface area contributed by atoms with E-state index < -0.39 is 9.84 Å². The largest absolute Gasteiger partial charge is 0.450 e. The fourth-order valence-corrected chi connectivity index (χ4v) is 3.32. The van der Waals surface area contributed by atoms with Crippen molar-refractivity contribution in [3.63, 3.8) is 0 Å². The molecule has 0 aromatic heterocycles. The summed E-state index contributed by atoms with van der Waals surface area (Å²) < 4.78 is 27.9. The van der Waals surface area contributed by atoms with Crippen molar-refractivity contribution in [3.8, 4) is 0 Å². The first-order valence-electron chi connectivity index (χ1n) is 8.56.